The number of hydrogen-bond donors (Lipinski definition) is 0. The van der Waals surface area contributed by atoms with Crippen LogP contribution in [0.1, 0.15) is 26.7 Å². The van der Waals surface area contributed by atoms with Crippen molar-refractivity contribution in [1.82, 2.24) is 0 Å². The van der Waals surface area contributed by atoms with E-state index in [2.05, 4.69) is 4.99 Å². The number of thioether (sulfide) groups is 1. The van der Waals surface area contributed by atoms with Crippen LogP contribution in [-0.2, 0) is 14.6 Å². The third-order valence-corrected chi connectivity index (χ3v) is 8.14. The van der Waals surface area contributed by atoms with Crippen LogP contribution in [0.3, 0.4) is 0 Å². The zero-order valence-electron chi connectivity index (χ0n) is 14.2. The Morgan fingerprint density at radius 2 is 2.08 bits per heavy atom. The molecule has 1 aromatic carbocycles. The van der Waals surface area contributed by atoms with Gasteiger partial charge in [0.1, 0.15) is 0 Å². The summed E-state index contributed by atoms with van der Waals surface area (Å²) in [5.74, 6) is -0.0340. The van der Waals surface area contributed by atoms with Crippen molar-refractivity contribution in [1.29, 1.82) is 0 Å². The van der Waals surface area contributed by atoms with E-state index < -0.39 is 9.84 Å². The van der Waals surface area contributed by atoms with E-state index in [1.165, 1.54) is 11.8 Å². The van der Waals surface area contributed by atoms with Gasteiger partial charge in [0, 0.05) is 21.9 Å². The van der Waals surface area contributed by atoms with E-state index in [4.69, 9.17) is 11.6 Å². The first-order chi connectivity index (χ1) is 11.8. The maximum Gasteiger partial charge on any atom is 0.251 e. The Hall–Kier alpha value is -1.05. The number of rotatable bonds is 4. The molecule has 0 N–H and O–H groups in total. The molecule has 0 unspecified atom stereocenters. The van der Waals surface area contributed by atoms with Crippen LogP contribution in [0.15, 0.2) is 29.3 Å². The molecule has 2 aliphatic heterocycles. The van der Waals surface area contributed by atoms with Crippen LogP contribution < -0.4 is 4.90 Å². The molecular weight excluding hydrogens is 380 g/mol. The van der Waals surface area contributed by atoms with Crippen LogP contribution in [-0.4, -0.2) is 42.3 Å². The molecule has 2 atom stereocenters. The minimum Gasteiger partial charge on any atom is -0.316 e. The second kappa shape index (κ2) is 7.29. The van der Waals surface area contributed by atoms with Gasteiger partial charge in [-0.05, 0) is 31.0 Å². The fourth-order valence-corrected chi connectivity index (χ4v) is 7.42. The Morgan fingerprint density at radius 1 is 1.36 bits per heavy atom. The van der Waals surface area contributed by atoms with Crippen LogP contribution in [0.25, 0.3) is 0 Å². The molecule has 1 amide bonds. The summed E-state index contributed by atoms with van der Waals surface area (Å²) in [5, 5.41) is 1.05. The lowest BCUT2D eigenvalue weighted by molar-refractivity contribution is -0.121. The van der Waals surface area contributed by atoms with Gasteiger partial charge in [-0.25, -0.2) is 8.42 Å². The average Bonchev–Trinajstić information content (AvgIpc) is 2.99. The molecule has 2 fully saturated rings. The smallest absolute Gasteiger partial charge is 0.251 e. The molecule has 0 bridgehead atoms. The molecule has 0 radical (unpaired) electrons. The topological polar surface area (TPSA) is 66.8 Å². The zero-order chi connectivity index (χ0) is 18.2. The van der Waals surface area contributed by atoms with Crippen molar-refractivity contribution in [2.45, 2.75) is 38.0 Å². The van der Waals surface area contributed by atoms with Gasteiger partial charge in [0.25, 0.3) is 5.91 Å². The molecule has 0 aliphatic carbocycles. The predicted octanol–water partition coefficient (Wildman–Crippen LogP) is 3.38. The molecular formula is C17H21ClN2O3S2. The lowest BCUT2D eigenvalue weighted by Crippen LogP contribution is -2.37. The van der Waals surface area contributed by atoms with Crippen molar-refractivity contribution in [2.24, 2.45) is 10.9 Å². The average molecular weight is 401 g/mol. The van der Waals surface area contributed by atoms with E-state index in [0.717, 1.165) is 18.5 Å². The van der Waals surface area contributed by atoms with Crippen molar-refractivity contribution >= 4 is 50.0 Å². The maximum atomic E-state index is 12.5. The number of sulfone groups is 1. The van der Waals surface area contributed by atoms with Crippen LogP contribution in [0, 0.1) is 5.92 Å². The van der Waals surface area contributed by atoms with Gasteiger partial charge in [0.15, 0.2) is 15.0 Å². The quantitative estimate of drug-likeness (QED) is 0.775. The lowest BCUT2D eigenvalue weighted by atomic mass is 10.0. The molecule has 5 nitrogen and oxygen atoms in total. The first-order valence-electron chi connectivity index (χ1n) is 8.39. The van der Waals surface area contributed by atoms with Crippen molar-refractivity contribution in [3.8, 4) is 0 Å². The number of halogens is 1. The second-order valence-electron chi connectivity index (χ2n) is 6.40. The molecule has 2 heterocycles. The minimum atomic E-state index is -3.07. The van der Waals surface area contributed by atoms with Gasteiger partial charge >= 0.3 is 0 Å². The summed E-state index contributed by atoms with van der Waals surface area (Å²) in [6.45, 7) is 3.95. The molecule has 25 heavy (non-hydrogen) atoms. The number of carbonyl (C=O) groups excluding carboxylic acids is 1. The third kappa shape index (κ3) is 3.88. The Bertz CT molecular complexity index is 806. The summed E-state index contributed by atoms with van der Waals surface area (Å²) < 4.78 is 24.1. The Balaban J connectivity index is 1.99. The number of benzene rings is 1. The minimum absolute atomic E-state index is 0.0787. The largest absolute Gasteiger partial charge is 0.316 e. The van der Waals surface area contributed by atoms with E-state index in [1.54, 1.807) is 12.1 Å². The van der Waals surface area contributed by atoms with E-state index in [1.807, 2.05) is 30.9 Å². The monoisotopic (exact) mass is 400 g/mol. The Kier molecular flexibility index (Phi) is 5.46. The molecule has 1 aromatic rings. The summed E-state index contributed by atoms with van der Waals surface area (Å²) in [4.78, 5) is 18.7. The summed E-state index contributed by atoms with van der Waals surface area (Å²) in [5.41, 5.74) is 0.778. The van der Waals surface area contributed by atoms with Crippen molar-refractivity contribution < 1.29 is 13.2 Å². The highest BCUT2D eigenvalue weighted by Crippen LogP contribution is 2.41. The van der Waals surface area contributed by atoms with Crippen LogP contribution >= 0.6 is 23.4 Å². The highest BCUT2D eigenvalue weighted by atomic mass is 35.5. The maximum absolute atomic E-state index is 12.5. The highest BCUT2D eigenvalue weighted by Gasteiger charge is 2.49. The highest BCUT2D eigenvalue weighted by molar-refractivity contribution is 8.16. The summed E-state index contributed by atoms with van der Waals surface area (Å²) in [7, 11) is -3.07. The van der Waals surface area contributed by atoms with Crippen LogP contribution in [0.4, 0.5) is 5.69 Å². The second-order valence-corrected chi connectivity index (χ2v) is 10.2. The number of aliphatic imine (C=N–C) groups is 1. The van der Waals surface area contributed by atoms with Gasteiger partial charge < -0.3 is 4.90 Å². The first-order valence-corrected chi connectivity index (χ1v) is 11.5. The summed E-state index contributed by atoms with van der Waals surface area (Å²) in [6.07, 6.45) is 1.49. The summed E-state index contributed by atoms with van der Waals surface area (Å²) in [6, 6.07) is 7.04. The molecule has 2 aliphatic rings. The van der Waals surface area contributed by atoms with Crippen LogP contribution in [0.2, 0.25) is 5.02 Å². The molecule has 0 saturated carbocycles. The normalized spacial score (nSPS) is 26.4. The van der Waals surface area contributed by atoms with E-state index in [-0.39, 0.29) is 34.6 Å². The van der Waals surface area contributed by atoms with Gasteiger partial charge in [-0.3, -0.25) is 4.79 Å². The molecule has 0 aromatic heterocycles. The Labute approximate surface area is 157 Å². The van der Waals surface area contributed by atoms with Crippen molar-refractivity contribution in [3.63, 3.8) is 0 Å². The van der Waals surface area contributed by atoms with Crippen molar-refractivity contribution in [2.75, 3.05) is 16.4 Å². The van der Waals surface area contributed by atoms with E-state index >= 15 is 0 Å². The number of carbonyl (C=O) groups is 1. The number of fused-ring (bicyclic) bond motifs is 1. The van der Waals surface area contributed by atoms with Gasteiger partial charge in [-0.15, -0.1) is 0 Å². The number of nitrogens with zero attached hydrogens (tertiary/aromatic N) is 2. The molecule has 136 valence electrons. The van der Waals surface area contributed by atoms with Crippen molar-refractivity contribution in [3.05, 3.63) is 29.3 Å². The number of hydrogen-bond acceptors (Lipinski definition) is 4. The first kappa shape index (κ1) is 18.7. The predicted molar refractivity (Wildman–Crippen MR) is 104 cm³/mol. The number of amidine groups is 1. The fraction of sp³-hybridized carbons (Fsp3) is 0.529. The third-order valence-electron chi connectivity index (χ3n) is 4.69. The molecule has 8 heteroatoms. The number of amides is 1. The molecule has 0 spiro atoms. The molecule has 2 saturated heterocycles. The van der Waals surface area contributed by atoms with Crippen LogP contribution in [0.5, 0.6) is 0 Å². The molecule has 3 rings (SSSR count). The van der Waals surface area contributed by atoms with E-state index in [9.17, 15) is 13.2 Å². The summed E-state index contributed by atoms with van der Waals surface area (Å²) >= 11 is 7.50. The lowest BCUT2D eigenvalue weighted by Gasteiger charge is -2.24. The fourth-order valence-electron chi connectivity index (χ4n) is 3.32. The van der Waals surface area contributed by atoms with Gasteiger partial charge in [-0.2, -0.15) is 4.99 Å². The van der Waals surface area contributed by atoms with Gasteiger partial charge in [0.2, 0.25) is 0 Å². The standard InChI is InChI=1S/C17H21ClN2O3S2/c1-3-11(4-2)16(21)19-17-20(13-7-5-6-12(18)8-13)14-9-25(22,23)10-15(14)24-17/h5-8,11,14-15H,3-4,9-10H2,1-2H3/t14-,15+/m1/s1. The van der Waals surface area contributed by atoms with Gasteiger partial charge in [0.05, 0.1) is 17.5 Å². The SMILES string of the molecule is CCC(CC)C(=O)N=C1S[C@H]2CS(=O)(=O)C[C@H]2N1c1cccc(Cl)c1. The van der Waals surface area contributed by atoms with Gasteiger partial charge in [-0.1, -0.05) is 43.3 Å². The van der Waals surface area contributed by atoms with E-state index in [0.29, 0.717) is 10.2 Å². The number of anilines is 1. The zero-order valence-corrected chi connectivity index (χ0v) is 16.6. The Morgan fingerprint density at radius 3 is 2.72 bits per heavy atom.